The molecule has 1 aliphatic rings. The lowest BCUT2D eigenvalue weighted by atomic mass is 10.0. The van der Waals surface area contributed by atoms with Gasteiger partial charge in [0.15, 0.2) is 0 Å². The molecule has 0 saturated heterocycles. The number of hydrogen-bond acceptors (Lipinski definition) is 3. The Morgan fingerprint density at radius 3 is 2.58 bits per heavy atom. The van der Waals surface area contributed by atoms with E-state index in [4.69, 9.17) is 5.73 Å². The summed E-state index contributed by atoms with van der Waals surface area (Å²) in [5.74, 6) is 0. The largest absolute Gasteiger partial charge is 0.395 e. The van der Waals surface area contributed by atoms with E-state index >= 15 is 0 Å². The summed E-state index contributed by atoms with van der Waals surface area (Å²) in [6.07, 6.45) is 6.07. The first-order chi connectivity index (χ1) is 9.31. The molecule has 0 bridgehead atoms. The molecule has 19 heavy (non-hydrogen) atoms. The minimum Gasteiger partial charge on any atom is -0.395 e. The molecule has 2 atom stereocenters. The van der Waals surface area contributed by atoms with E-state index < -0.39 is 0 Å². The number of benzene rings is 1. The first-order valence-corrected chi connectivity index (χ1v) is 7.45. The van der Waals surface area contributed by atoms with Crippen LogP contribution in [0, 0.1) is 0 Å². The number of aliphatic hydroxyl groups excluding tert-OH is 1. The van der Waals surface area contributed by atoms with Crippen molar-refractivity contribution in [3.8, 4) is 0 Å². The second-order valence-electron chi connectivity index (χ2n) is 5.55. The summed E-state index contributed by atoms with van der Waals surface area (Å²) >= 11 is 0. The molecule has 1 aromatic carbocycles. The van der Waals surface area contributed by atoms with Gasteiger partial charge in [0.1, 0.15) is 0 Å². The average Bonchev–Trinajstić information content (AvgIpc) is 2.64. The maximum Gasteiger partial charge on any atom is 0.0558 e. The summed E-state index contributed by atoms with van der Waals surface area (Å²) in [5.41, 5.74) is 7.64. The Bertz CT molecular complexity index is 355. The van der Waals surface area contributed by atoms with Crippen molar-refractivity contribution in [2.24, 2.45) is 5.73 Å². The van der Waals surface area contributed by atoms with E-state index in [0.29, 0.717) is 12.6 Å². The van der Waals surface area contributed by atoms with Gasteiger partial charge in [-0.05, 0) is 18.4 Å². The standard InChI is InChI=1S/C16H26N2O/c17-15-9-5-2-6-10-16(15)18(11-12-19)13-14-7-3-1-4-8-14/h1,3-4,7-8,15-16,19H,2,5-6,9-13,17H2. The first kappa shape index (κ1) is 14.5. The molecule has 1 saturated carbocycles. The van der Waals surface area contributed by atoms with Crippen molar-refractivity contribution in [1.82, 2.24) is 4.90 Å². The van der Waals surface area contributed by atoms with Gasteiger partial charge in [0.05, 0.1) is 6.61 Å². The fourth-order valence-electron chi connectivity index (χ4n) is 3.08. The summed E-state index contributed by atoms with van der Waals surface area (Å²) in [6, 6.07) is 11.1. The molecule has 0 aromatic heterocycles. The molecule has 1 aliphatic carbocycles. The molecular weight excluding hydrogens is 236 g/mol. The van der Waals surface area contributed by atoms with Gasteiger partial charge in [-0.2, -0.15) is 0 Å². The Hall–Kier alpha value is -0.900. The third kappa shape index (κ3) is 4.30. The number of nitrogens with two attached hydrogens (primary N) is 1. The van der Waals surface area contributed by atoms with E-state index in [2.05, 4.69) is 29.2 Å². The SMILES string of the molecule is NC1CCCCCC1N(CCO)Cc1ccccc1. The lowest BCUT2D eigenvalue weighted by Crippen LogP contribution is -2.47. The lowest BCUT2D eigenvalue weighted by Gasteiger charge is -2.34. The van der Waals surface area contributed by atoms with E-state index in [0.717, 1.165) is 19.4 Å². The van der Waals surface area contributed by atoms with Gasteiger partial charge in [0, 0.05) is 25.2 Å². The van der Waals surface area contributed by atoms with Crippen molar-refractivity contribution in [3.63, 3.8) is 0 Å². The van der Waals surface area contributed by atoms with E-state index in [1.807, 2.05) is 6.07 Å². The van der Waals surface area contributed by atoms with E-state index in [1.54, 1.807) is 0 Å². The monoisotopic (exact) mass is 262 g/mol. The Balaban J connectivity index is 2.05. The van der Waals surface area contributed by atoms with Gasteiger partial charge in [-0.3, -0.25) is 4.90 Å². The van der Waals surface area contributed by atoms with Crippen LogP contribution in [-0.2, 0) is 6.54 Å². The topological polar surface area (TPSA) is 49.5 Å². The quantitative estimate of drug-likeness (QED) is 0.799. The molecule has 1 aromatic rings. The molecule has 3 heteroatoms. The van der Waals surface area contributed by atoms with Crippen LogP contribution in [0.1, 0.15) is 37.7 Å². The Morgan fingerprint density at radius 2 is 1.84 bits per heavy atom. The summed E-state index contributed by atoms with van der Waals surface area (Å²) in [5, 5.41) is 9.32. The Morgan fingerprint density at radius 1 is 1.11 bits per heavy atom. The number of rotatable bonds is 5. The average molecular weight is 262 g/mol. The van der Waals surface area contributed by atoms with Crippen LogP contribution in [0.5, 0.6) is 0 Å². The van der Waals surface area contributed by atoms with Crippen molar-refractivity contribution < 1.29 is 5.11 Å². The van der Waals surface area contributed by atoms with E-state index in [-0.39, 0.29) is 12.6 Å². The minimum atomic E-state index is 0.204. The van der Waals surface area contributed by atoms with Crippen LogP contribution in [0.25, 0.3) is 0 Å². The maximum absolute atomic E-state index is 9.32. The van der Waals surface area contributed by atoms with Crippen molar-refractivity contribution in [3.05, 3.63) is 35.9 Å². The molecule has 3 nitrogen and oxygen atoms in total. The van der Waals surface area contributed by atoms with Crippen LogP contribution < -0.4 is 5.73 Å². The highest BCUT2D eigenvalue weighted by molar-refractivity contribution is 5.14. The molecule has 1 fully saturated rings. The van der Waals surface area contributed by atoms with Crippen molar-refractivity contribution in [2.45, 2.75) is 50.7 Å². The number of hydrogen-bond donors (Lipinski definition) is 2. The van der Waals surface area contributed by atoms with Crippen LogP contribution in [0.4, 0.5) is 0 Å². The molecule has 0 heterocycles. The molecule has 0 radical (unpaired) electrons. The predicted molar refractivity (Wildman–Crippen MR) is 78.8 cm³/mol. The zero-order chi connectivity index (χ0) is 13.5. The fraction of sp³-hybridized carbons (Fsp3) is 0.625. The van der Waals surface area contributed by atoms with Crippen molar-refractivity contribution in [1.29, 1.82) is 0 Å². The Kier molecular flexibility index (Phi) is 5.83. The van der Waals surface area contributed by atoms with Gasteiger partial charge in [0.25, 0.3) is 0 Å². The predicted octanol–water partition coefficient (Wildman–Crippen LogP) is 2.14. The van der Waals surface area contributed by atoms with Crippen LogP contribution in [0.15, 0.2) is 30.3 Å². The third-order valence-corrected chi connectivity index (χ3v) is 4.12. The zero-order valence-electron chi connectivity index (χ0n) is 11.7. The smallest absolute Gasteiger partial charge is 0.0558 e. The molecular formula is C16H26N2O. The van der Waals surface area contributed by atoms with Crippen molar-refractivity contribution in [2.75, 3.05) is 13.2 Å². The molecule has 2 unspecified atom stereocenters. The highest BCUT2D eigenvalue weighted by Crippen LogP contribution is 2.22. The third-order valence-electron chi connectivity index (χ3n) is 4.12. The van der Waals surface area contributed by atoms with Gasteiger partial charge in [-0.25, -0.2) is 0 Å². The lowest BCUT2D eigenvalue weighted by molar-refractivity contribution is 0.121. The van der Waals surface area contributed by atoms with E-state index in [9.17, 15) is 5.11 Å². The second kappa shape index (κ2) is 7.63. The first-order valence-electron chi connectivity index (χ1n) is 7.45. The second-order valence-corrected chi connectivity index (χ2v) is 5.55. The summed E-state index contributed by atoms with van der Waals surface area (Å²) < 4.78 is 0. The van der Waals surface area contributed by atoms with Gasteiger partial charge < -0.3 is 10.8 Å². The molecule has 2 rings (SSSR count). The molecule has 106 valence electrons. The van der Waals surface area contributed by atoms with E-state index in [1.165, 1.54) is 24.8 Å². The van der Waals surface area contributed by atoms with Crippen LogP contribution in [0.3, 0.4) is 0 Å². The molecule has 0 spiro atoms. The van der Waals surface area contributed by atoms with Crippen LogP contribution in [-0.4, -0.2) is 35.2 Å². The van der Waals surface area contributed by atoms with Crippen molar-refractivity contribution >= 4 is 0 Å². The molecule has 0 amide bonds. The fourth-order valence-corrected chi connectivity index (χ4v) is 3.08. The summed E-state index contributed by atoms with van der Waals surface area (Å²) in [6.45, 7) is 1.81. The highest BCUT2D eigenvalue weighted by atomic mass is 16.3. The highest BCUT2D eigenvalue weighted by Gasteiger charge is 2.26. The Labute approximate surface area is 116 Å². The van der Waals surface area contributed by atoms with Gasteiger partial charge in [-0.15, -0.1) is 0 Å². The molecule has 3 N–H and O–H groups in total. The summed E-state index contributed by atoms with van der Waals surface area (Å²) in [7, 11) is 0. The number of aliphatic hydroxyl groups is 1. The summed E-state index contributed by atoms with van der Waals surface area (Å²) in [4.78, 5) is 2.37. The van der Waals surface area contributed by atoms with Gasteiger partial charge in [0.2, 0.25) is 0 Å². The molecule has 0 aliphatic heterocycles. The van der Waals surface area contributed by atoms with Gasteiger partial charge >= 0.3 is 0 Å². The normalized spacial score (nSPS) is 24.4. The minimum absolute atomic E-state index is 0.204. The van der Waals surface area contributed by atoms with Crippen LogP contribution in [0.2, 0.25) is 0 Å². The zero-order valence-corrected chi connectivity index (χ0v) is 11.7. The van der Waals surface area contributed by atoms with Crippen LogP contribution >= 0.6 is 0 Å². The number of nitrogens with zero attached hydrogens (tertiary/aromatic N) is 1. The maximum atomic E-state index is 9.32. The van der Waals surface area contributed by atoms with Gasteiger partial charge in [-0.1, -0.05) is 49.6 Å².